The summed E-state index contributed by atoms with van der Waals surface area (Å²) >= 11 is 0. The summed E-state index contributed by atoms with van der Waals surface area (Å²) in [5, 5.41) is 8.27. The van der Waals surface area contributed by atoms with Gasteiger partial charge in [-0.25, -0.2) is 0 Å². The highest BCUT2D eigenvalue weighted by Gasteiger charge is 2.26. The normalized spacial score (nSPS) is 13.1. The zero-order valence-electron chi connectivity index (χ0n) is 17.4. The monoisotopic (exact) mass is 388 g/mol. The minimum absolute atomic E-state index is 0.0354. The molecule has 2 atom stereocenters. The number of carbonyl (C=O) groups excluding carboxylic acids is 2. The van der Waals surface area contributed by atoms with Crippen LogP contribution in [0.15, 0.2) is 66.7 Å². The van der Waals surface area contributed by atoms with E-state index < -0.39 is 6.04 Å². The average Bonchev–Trinajstić information content (AvgIpc) is 2.71. The first kappa shape index (κ1) is 20.6. The second-order valence-corrected chi connectivity index (χ2v) is 7.85. The molecule has 4 heteroatoms. The Balaban J connectivity index is 1.73. The highest BCUT2D eigenvalue weighted by atomic mass is 16.2. The molecule has 29 heavy (non-hydrogen) atoms. The van der Waals surface area contributed by atoms with Gasteiger partial charge in [0.2, 0.25) is 5.91 Å². The molecule has 0 unspecified atom stereocenters. The van der Waals surface area contributed by atoms with Crippen molar-refractivity contribution >= 4 is 22.6 Å². The third-order valence-electron chi connectivity index (χ3n) is 5.26. The number of rotatable bonds is 6. The zero-order valence-corrected chi connectivity index (χ0v) is 17.4. The molecule has 2 amide bonds. The first-order valence-corrected chi connectivity index (χ1v) is 10.0. The molecule has 0 radical (unpaired) electrons. The second kappa shape index (κ2) is 8.91. The van der Waals surface area contributed by atoms with E-state index in [4.69, 9.17) is 0 Å². The Bertz CT molecular complexity index is 1030. The van der Waals surface area contributed by atoms with Crippen molar-refractivity contribution in [3.8, 4) is 0 Å². The van der Waals surface area contributed by atoms with E-state index in [-0.39, 0.29) is 23.8 Å². The number of benzene rings is 3. The van der Waals surface area contributed by atoms with E-state index in [1.807, 2.05) is 64.1 Å². The zero-order chi connectivity index (χ0) is 21.0. The largest absolute Gasteiger partial charge is 0.348 e. The summed E-state index contributed by atoms with van der Waals surface area (Å²) in [7, 11) is 0. The summed E-state index contributed by atoms with van der Waals surface area (Å²) in [6.45, 7) is 7.72. The van der Waals surface area contributed by atoms with E-state index in [0.717, 1.165) is 16.5 Å². The van der Waals surface area contributed by atoms with Gasteiger partial charge in [-0.2, -0.15) is 0 Å². The predicted octanol–water partition coefficient (Wildman–Crippen LogP) is 4.78. The van der Waals surface area contributed by atoms with Crippen LogP contribution >= 0.6 is 0 Å². The van der Waals surface area contributed by atoms with E-state index in [1.165, 1.54) is 5.39 Å². The molecular formula is C25H28N2O2. The van der Waals surface area contributed by atoms with Gasteiger partial charge in [0.05, 0.1) is 6.04 Å². The van der Waals surface area contributed by atoms with Crippen LogP contribution in [0.4, 0.5) is 0 Å². The number of hydrogen-bond acceptors (Lipinski definition) is 2. The van der Waals surface area contributed by atoms with Crippen molar-refractivity contribution in [2.45, 2.75) is 39.8 Å². The van der Waals surface area contributed by atoms with E-state index in [0.29, 0.717) is 5.56 Å². The molecular weight excluding hydrogens is 360 g/mol. The fourth-order valence-electron chi connectivity index (χ4n) is 3.45. The Hall–Kier alpha value is -3.14. The smallest absolute Gasteiger partial charge is 0.252 e. The van der Waals surface area contributed by atoms with Gasteiger partial charge in [0.25, 0.3) is 5.91 Å². The van der Waals surface area contributed by atoms with Crippen LogP contribution in [0, 0.1) is 12.8 Å². The Morgan fingerprint density at radius 3 is 2.14 bits per heavy atom. The molecule has 3 aromatic carbocycles. The number of fused-ring (bicyclic) bond motifs is 1. The molecule has 0 saturated heterocycles. The second-order valence-electron chi connectivity index (χ2n) is 7.85. The molecule has 3 aromatic rings. The molecule has 4 nitrogen and oxygen atoms in total. The quantitative estimate of drug-likeness (QED) is 0.638. The van der Waals surface area contributed by atoms with Crippen LogP contribution in [0.5, 0.6) is 0 Å². The van der Waals surface area contributed by atoms with Gasteiger partial charge in [-0.05, 0) is 53.8 Å². The van der Waals surface area contributed by atoms with Gasteiger partial charge in [0.15, 0.2) is 0 Å². The first-order chi connectivity index (χ1) is 13.9. The van der Waals surface area contributed by atoms with Gasteiger partial charge in [-0.3, -0.25) is 9.59 Å². The number of aryl methyl sites for hydroxylation is 1. The molecule has 0 aromatic heterocycles. The molecule has 3 rings (SSSR count). The van der Waals surface area contributed by atoms with Gasteiger partial charge in [-0.15, -0.1) is 0 Å². The maximum absolute atomic E-state index is 13.0. The Morgan fingerprint density at radius 1 is 0.793 bits per heavy atom. The molecule has 0 aliphatic heterocycles. The van der Waals surface area contributed by atoms with Gasteiger partial charge >= 0.3 is 0 Å². The summed E-state index contributed by atoms with van der Waals surface area (Å²) in [5.74, 6) is -0.440. The first-order valence-electron chi connectivity index (χ1n) is 10.0. The van der Waals surface area contributed by atoms with Gasteiger partial charge in [-0.1, -0.05) is 68.4 Å². The lowest BCUT2D eigenvalue weighted by Crippen LogP contribution is -2.50. The van der Waals surface area contributed by atoms with Crippen LogP contribution in [-0.4, -0.2) is 17.9 Å². The van der Waals surface area contributed by atoms with E-state index >= 15 is 0 Å². The molecule has 0 heterocycles. The fourth-order valence-corrected chi connectivity index (χ4v) is 3.45. The van der Waals surface area contributed by atoms with Crippen molar-refractivity contribution in [1.82, 2.24) is 10.6 Å². The highest BCUT2D eigenvalue weighted by molar-refractivity contribution is 5.98. The molecule has 2 N–H and O–H groups in total. The van der Waals surface area contributed by atoms with Crippen LogP contribution in [0.1, 0.15) is 48.3 Å². The Morgan fingerprint density at radius 2 is 1.45 bits per heavy atom. The van der Waals surface area contributed by atoms with Crippen molar-refractivity contribution < 1.29 is 9.59 Å². The van der Waals surface area contributed by atoms with Crippen LogP contribution in [0.25, 0.3) is 10.8 Å². The summed E-state index contributed by atoms with van der Waals surface area (Å²) in [5.41, 5.74) is 2.51. The maximum atomic E-state index is 13.0. The average molecular weight is 389 g/mol. The van der Waals surface area contributed by atoms with Crippen LogP contribution in [0.3, 0.4) is 0 Å². The lowest BCUT2D eigenvalue weighted by atomic mass is 9.99. The number of amides is 2. The third-order valence-corrected chi connectivity index (χ3v) is 5.26. The van der Waals surface area contributed by atoms with E-state index in [1.54, 1.807) is 6.07 Å². The van der Waals surface area contributed by atoms with Crippen molar-refractivity contribution in [2.75, 3.05) is 0 Å². The summed E-state index contributed by atoms with van der Waals surface area (Å²) in [4.78, 5) is 25.7. The van der Waals surface area contributed by atoms with Gasteiger partial charge < -0.3 is 10.6 Å². The molecule has 0 fully saturated rings. The minimum atomic E-state index is -0.606. The Kier molecular flexibility index (Phi) is 6.32. The molecule has 150 valence electrons. The number of hydrogen-bond donors (Lipinski definition) is 2. The van der Waals surface area contributed by atoms with Crippen LogP contribution in [0.2, 0.25) is 0 Å². The maximum Gasteiger partial charge on any atom is 0.252 e. The van der Waals surface area contributed by atoms with Crippen molar-refractivity contribution in [3.63, 3.8) is 0 Å². The summed E-state index contributed by atoms with van der Waals surface area (Å²) in [6, 6.07) is 21.0. The summed E-state index contributed by atoms with van der Waals surface area (Å²) < 4.78 is 0. The Labute approximate surface area is 172 Å². The number of carbonyl (C=O) groups is 2. The highest BCUT2D eigenvalue weighted by Crippen LogP contribution is 2.20. The fraction of sp³-hybridized carbons (Fsp3) is 0.280. The lowest BCUT2D eigenvalue weighted by molar-refractivity contribution is -0.124. The lowest BCUT2D eigenvalue weighted by Gasteiger charge is -2.24. The van der Waals surface area contributed by atoms with Gasteiger partial charge in [0, 0.05) is 5.56 Å². The summed E-state index contributed by atoms with van der Waals surface area (Å²) in [6.07, 6.45) is 0. The van der Waals surface area contributed by atoms with Crippen molar-refractivity contribution in [1.29, 1.82) is 0 Å². The SMILES string of the molecule is Cc1ccccc1C(=O)N[C@@H](C(=O)N[C@H](C)c1ccc2ccccc2c1)C(C)C. The van der Waals surface area contributed by atoms with Gasteiger partial charge in [0.1, 0.15) is 6.04 Å². The van der Waals surface area contributed by atoms with E-state index in [2.05, 4.69) is 34.9 Å². The van der Waals surface area contributed by atoms with Crippen molar-refractivity contribution in [3.05, 3.63) is 83.4 Å². The predicted molar refractivity (Wildman–Crippen MR) is 118 cm³/mol. The van der Waals surface area contributed by atoms with Crippen LogP contribution in [-0.2, 0) is 4.79 Å². The molecule has 0 aliphatic carbocycles. The van der Waals surface area contributed by atoms with E-state index in [9.17, 15) is 9.59 Å². The number of nitrogens with one attached hydrogen (secondary N) is 2. The van der Waals surface area contributed by atoms with Crippen molar-refractivity contribution in [2.24, 2.45) is 5.92 Å². The molecule has 0 saturated carbocycles. The standard InChI is InChI=1S/C25H28N2O2/c1-16(2)23(27-24(28)22-12-8-5-9-17(22)3)25(29)26-18(4)20-14-13-19-10-6-7-11-21(19)15-20/h5-16,18,23H,1-4H3,(H,26,29)(H,27,28)/t18-,23-/m1/s1. The third kappa shape index (κ3) is 4.83. The topological polar surface area (TPSA) is 58.2 Å². The minimum Gasteiger partial charge on any atom is -0.348 e. The van der Waals surface area contributed by atoms with Crippen LogP contribution < -0.4 is 10.6 Å². The molecule has 0 aliphatic rings. The molecule has 0 bridgehead atoms. The molecule has 0 spiro atoms.